The van der Waals surface area contributed by atoms with Crippen LogP contribution < -0.4 is 5.73 Å². The topological polar surface area (TPSA) is 60.9 Å². The molecule has 86 valence electrons. The average molecular weight is 227 g/mol. The molecule has 0 amide bonds. The van der Waals surface area contributed by atoms with Gasteiger partial charge >= 0.3 is 0 Å². The molecule has 0 bridgehead atoms. The number of nitrogens with two attached hydrogens (primary N) is 1. The highest BCUT2D eigenvalue weighted by Crippen LogP contribution is 2.27. The fraction of sp³-hybridized carbons (Fsp3) is 0.231. The number of ketones is 1. The SMILES string of the molecule is NCc1nn(-c2ccccc2)c2c1C(=O)CC2. The summed E-state index contributed by atoms with van der Waals surface area (Å²) in [6.45, 7) is 0.313. The molecular weight excluding hydrogens is 214 g/mol. The summed E-state index contributed by atoms with van der Waals surface area (Å²) >= 11 is 0. The molecule has 1 aromatic heterocycles. The maximum atomic E-state index is 11.8. The lowest BCUT2D eigenvalue weighted by atomic mass is 10.2. The molecule has 0 aliphatic heterocycles. The van der Waals surface area contributed by atoms with Crippen LogP contribution in [0.4, 0.5) is 0 Å². The summed E-state index contributed by atoms with van der Waals surface area (Å²) in [7, 11) is 0. The second kappa shape index (κ2) is 3.82. The predicted octanol–water partition coefficient (Wildman–Crippen LogP) is 1.46. The molecule has 1 aliphatic rings. The third kappa shape index (κ3) is 1.49. The van der Waals surface area contributed by atoms with E-state index in [2.05, 4.69) is 5.10 Å². The monoisotopic (exact) mass is 227 g/mol. The Kier molecular flexibility index (Phi) is 2.30. The van der Waals surface area contributed by atoms with Crippen molar-refractivity contribution in [2.75, 3.05) is 0 Å². The van der Waals surface area contributed by atoms with E-state index >= 15 is 0 Å². The average Bonchev–Trinajstić information content (AvgIpc) is 2.92. The molecule has 0 radical (unpaired) electrons. The van der Waals surface area contributed by atoms with Crippen molar-refractivity contribution >= 4 is 5.78 Å². The molecule has 0 fully saturated rings. The summed E-state index contributed by atoms with van der Waals surface area (Å²) in [6, 6.07) is 9.85. The van der Waals surface area contributed by atoms with Crippen molar-refractivity contribution < 1.29 is 4.79 Å². The van der Waals surface area contributed by atoms with Gasteiger partial charge in [0, 0.05) is 13.0 Å². The molecule has 1 aromatic carbocycles. The second-order valence-electron chi connectivity index (χ2n) is 4.14. The maximum absolute atomic E-state index is 11.8. The van der Waals surface area contributed by atoms with Crippen LogP contribution in [0.15, 0.2) is 30.3 Å². The zero-order valence-electron chi connectivity index (χ0n) is 9.39. The maximum Gasteiger partial charge on any atom is 0.167 e. The van der Waals surface area contributed by atoms with Crippen molar-refractivity contribution in [2.45, 2.75) is 19.4 Å². The minimum absolute atomic E-state index is 0.169. The van der Waals surface area contributed by atoms with Crippen molar-refractivity contribution in [2.24, 2.45) is 5.73 Å². The molecule has 0 saturated carbocycles. The molecule has 0 spiro atoms. The minimum Gasteiger partial charge on any atom is -0.325 e. The van der Waals surface area contributed by atoms with Crippen molar-refractivity contribution in [3.05, 3.63) is 47.3 Å². The van der Waals surface area contributed by atoms with Crippen molar-refractivity contribution in [3.8, 4) is 5.69 Å². The van der Waals surface area contributed by atoms with Crippen LogP contribution in [0.3, 0.4) is 0 Å². The molecule has 1 aliphatic carbocycles. The summed E-state index contributed by atoms with van der Waals surface area (Å²) in [4.78, 5) is 11.8. The van der Waals surface area contributed by atoms with E-state index in [-0.39, 0.29) is 5.78 Å². The van der Waals surface area contributed by atoms with E-state index in [1.54, 1.807) is 0 Å². The molecular formula is C13H13N3O. The molecule has 2 N–H and O–H groups in total. The van der Waals surface area contributed by atoms with Crippen LogP contribution in [0, 0.1) is 0 Å². The highest BCUT2D eigenvalue weighted by Gasteiger charge is 2.28. The fourth-order valence-corrected chi connectivity index (χ4v) is 2.34. The van der Waals surface area contributed by atoms with Gasteiger partial charge in [-0.3, -0.25) is 4.79 Å². The Morgan fingerprint density at radius 2 is 2.00 bits per heavy atom. The summed E-state index contributed by atoms with van der Waals surface area (Å²) in [5, 5.41) is 4.44. The normalized spacial score (nSPS) is 14.1. The summed E-state index contributed by atoms with van der Waals surface area (Å²) in [6.07, 6.45) is 1.34. The Hall–Kier alpha value is -1.94. The number of aromatic nitrogens is 2. The highest BCUT2D eigenvalue weighted by atomic mass is 16.1. The first kappa shape index (κ1) is 10.2. The number of fused-ring (bicyclic) bond motifs is 1. The Morgan fingerprint density at radius 3 is 2.71 bits per heavy atom. The van der Waals surface area contributed by atoms with E-state index < -0.39 is 0 Å². The van der Waals surface area contributed by atoms with Gasteiger partial charge in [-0.15, -0.1) is 0 Å². The lowest BCUT2D eigenvalue weighted by Gasteiger charge is -2.04. The van der Waals surface area contributed by atoms with Gasteiger partial charge in [-0.1, -0.05) is 18.2 Å². The van der Waals surface area contributed by atoms with E-state index in [0.29, 0.717) is 18.7 Å². The van der Waals surface area contributed by atoms with Crippen molar-refractivity contribution in [1.82, 2.24) is 9.78 Å². The number of rotatable bonds is 2. The minimum atomic E-state index is 0.169. The smallest absolute Gasteiger partial charge is 0.167 e. The van der Waals surface area contributed by atoms with Gasteiger partial charge in [0.15, 0.2) is 5.78 Å². The first-order valence-electron chi connectivity index (χ1n) is 5.70. The van der Waals surface area contributed by atoms with E-state index in [9.17, 15) is 4.79 Å². The van der Waals surface area contributed by atoms with Gasteiger partial charge in [-0.25, -0.2) is 4.68 Å². The summed E-state index contributed by atoms with van der Waals surface area (Å²) in [5.41, 5.74) is 9.10. The van der Waals surface area contributed by atoms with Gasteiger partial charge in [-0.05, 0) is 18.6 Å². The van der Waals surface area contributed by atoms with Gasteiger partial charge in [0.2, 0.25) is 0 Å². The van der Waals surface area contributed by atoms with Gasteiger partial charge < -0.3 is 5.73 Å². The van der Waals surface area contributed by atoms with Gasteiger partial charge in [0.25, 0.3) is 0 Å². The Bertz CT molecular complexity index is 572. The van der Waals surface area contributed by atoms with Crippen LogP contribution in [0.5, 0.6) is 0 Å². The number of nitrogens with zero attached hydrogens (tertiary/aromatic N) is 2. The quantitative estimate of drug-likeness (QED) is 0.844. The lowest BCUT2D eigenvalue weighted by Crippen LogP contribution is -2.05. The Labute approximate surface area is 99.1 Å². The van der Waals surface area contributed by atoms with Crippen LogP contribution in [0.2, 0.25) is 0 Å². The molecule has 4 heteroatoms. The molecule has 3 rings (SSSR count). The fourth-order valence-electron chi connectivity index (χ4n) is 2.34. The number of para-hydroxylation sites is 1. The third-order valence-electron chi connectivity index (χ3n) is 3.12. The van der Waals surface area contributed by atoms with E-state index in [0.717, 1.165) is 23.4 Å². The van der Waals surface area contributed by atoms with Crippen LogP contribution in [-0.2, 0) is 13.0 Å². The van der Waals surface area contributed by atoms with Crippen molar-refractivity contribution in [3.63, 3.8) is 0 Å². The largest absolute Gasteiger partial charge is 0.325 e. The number of carbonyl (C=O) groups excluding carboxylic acids is 1. The van der Waals surface area contributed by atoms with E-state index in [4.69, 9.17) is 5.73 Å². The number of hydrogen-bond acceptors (Lipinski definition) is 3. The van der Waals surface area contributed by atoms with Crippen LogP contribution >= 0.6 is 0 Å². The Morgan fingerprint density at radius 1 is 1.24 bits per heavy atom. The second-order valence-corrected chi connectivity index (χ2v) is 4.14. The molecule has 0 unspecified atom stereocenters. The number of carbonyl (C=O) groups is 1. The summed E-state index contributed by atoms with van der Waals surface area (Å²) in [5.74, 6) is 0.169. The third-order valence-corrected chi connectivity index (χ3v) is 3.12. The molecule has 0 saturated heterocycles. The van der Waals surface area contributed by atoms with Gasteiger partial charge in [0.05, 0.1) is 22.6 Å². The molecule has 1 heterocycles. The summed E-state index contributed by atoms with van der Waals surface area (Å²) < 4.78 is 1.85. The lowest BCUT2D eigenvalue weighted by molar-refractivity contribution is 0.0993. The zero-order valence-corrected chi connectivity index (χ0v) is 9.39. The van der Waals surface area contributed by atoms with E-state index in [1.807, 2.05) is 35.0 Å². The first-order chi connectivity index (χ1) is 8.31. The molecule has 17 heavy (non-hydrogen) atoms. The van der Waals surface area contributed by atoms with Crippen LogP contribution in [0.1, 0.15) is 28.2 Å². The molecule has 2 aromatic rings. The Balaban J connectivity index is 2.20. The van der Waals surface area contributed by atoms with Crippen molar-refractivity contribution in [1.29, 1.82) is 0 Å². The number of Topliss-reactive ketones (excluding diaryl/α,β-unsaturated/α-hetero) is 1. The molecule has 0 atom stereocenters. The van der Waals surface area contributed by atoms with Gasteiger partial charge in [-0.2, -0.15) is 5.10 Å². The number of hydrogen-bond donors (Lipinski definition) is 1. The highest BCUT2D eigenvalue weighted by molar-refractivity contribution is 6.01. The predicted molar refractivity (Wildman–Crippen MR) is 64.1 cm³/mol. The first-order valence-corrected chi connectivity index (χ1v) is 5.70. The van der Waals surface area contributed by atoms with Crippen LogP contribution in [-0.4, -0.2) is 15.6 Å². The molecule has 4 nitrogen and oxygen atoms in total. The number of benzene rings is 1. The van der Waals surface area contributed by atoms with Crippen LogP contribution in [0.25, 0.3) is 5.69 Å². The van der Waals surface area contributed by atoms with E-state index in [1.165, 1.54) is 0 Å². The van der Waals surface area contributed by atoms with Gasteiger partial charge in [0.1, 0.15) is 0 Å². The standard InChI is InChI=1S/C13H13N3O/c14-8-10-13-11(6-7-12(13)17)16(15-10)9-4-2-1-3-5-9/h1-5H,6-8,14H2. The zero-order chi connectivity index (χ0) is 11.8.